The molecular weight excluding hydrogens is 625 g/mol. The van der Waals surface area contributed by atoms with Gasteiger partial charge in [0.15, 0.2) is 0 Å². The zero-order valence-corrected chi connectivity index (χ0v) is 27.4. The molecule has 0 unspecified atom stereocenters. The number of rotatable bonds is 3. The van der Waals surface area contributed by atoms with E-state index in [9.17, 15) is 0 Å². The van der Waals surface area contributed by atoms with E-state index in [-0.39, 0.29) is 32.2 Å². The molecule has 182 valence electrons. The van der Waals surface area contributed by atoms with E-state index in [2.05, 4.69) is 100 Å². The van der Waals surface area contributed by atoms with E-state index in [1.54, 1.807) is 0 Å². The summed E-state index contributed by atoms with van der Waals surface area (Å²) in [6.07, 6.45) is 1.80. The molecule has 0 heterocycles. The second-order valence-electron chi connectivity index (χ2n) is 6.90. The fraction of sp³-hybridized carbons (Fsp3) is 0.200. The van der Waals surface area contributed by atoms with E-state index < -0.39 is 6.00 Å². The van der Waals surface area contributed by atoms with Crippen molar-refractivity contribution in [3.8, 4) is 0 Å². The Balaban J connectivity index is -0.000000381. The number of aryl methyl sites for hydroxylation is 2. The van der Waals surface area contributed by atoms with Crippen molar-refractivity contribution in [2.24, 2.45) is 0 Å². The Morgan fingerprint density at radius 3 is 1.45 bits per heavy atom. The van der Waals surface area contributed by atoms with Gasteiger partial charge in [-0.3, -0.25) is 0 Å². The van der Waals surface area contributed by atoms with Crippen LogP contribution in [-0.2, 0) is 23.3 Å². The van der Waals surface area contributed by atoms with Gasteiger partial charge in [0.2, 0.25) is 0 Å². The van der Waals surface area contributed by atoms with Gasteiger partial charge >= 0.3 is 36.2 Å². The molecule has 0 fully saturated rings. The molecule has 0 aromatic heterocycles. The number of benzene rings is 2. The van der Waals surface area contributed by atoms with Crippen LogP contribution in [0, 0.1) is 28.2 Å². The molecule has 0 atom stereocenters. The van der Waals surface area contributed by atoms with Gasteiger partial charge in [-0.15, -0.1) is 114 Å². The van der Waals surface area contributed by atoms with E-state index >= 15 is 0 Å². The molecule has 33 heavy (non-hydrogen) atoms. The molecule has 4 rings (SSSR count). The molecule has 4 aromatic rings. The van der Waals surface area contributed by atoms with E-state index in [0.717, 1.165) is 18.9 Å². The third-order valence-electron chi connectivity index (χ3n) is 4.23. The fourth-order valence-electron chi connectivity index (χ4n) is 2.94. The van der Waals surface area contributed by atoms with Crippen molar-refractivity contribution in [2.45, 2.75) is 32.7 Å². The van der Waals surface area contributed by atoms with Gasteiger partial charge in [0.1, 0.15) is 0 Å². The monoisotopic (exact) mass is 650 g/mol. The van der Waals surface area contributed by atoms with Crippen LogP contribution in [0.15, 0.2) is 72.8 Å². The summed E-state index contributed by atoms with van der Waals surface area (Å²) < 4.78 is 0. The van der Waals surface area contributed by atoms with Gasteiger partial charge in [-0.2, -0.15) is 18.6 Å². The van der Waals surface area contributed by atoms with Crippen molar-refractivity contribution in [3.63, 3.8) is 0 Å². The fourth-order valence-corrected chi connectivity index (χ4v) is 4.79. The minimum atomic E-state index is -2.30. The summed E-state index contributed by atoms with van der Waals surface area (Å²) in [6.45, 7) is 10.9. The standard InChI is InChI=1S/2C10H9.C4H8Cl3Si.CH3.2ClH.Si.Zr/c2*1-8-6-9-4-2-3-5-10(9)7-8;1-2-3-4-8(5,6)7;;;;;/h2*2-7H,1H3;1-4H2;1H3;2*1H;;/q4*-1;;;;/p-2. The van der Waals surface area contributed by atoms with E-state index in [0.29, 0.717) is 0 Å². The normalized spacial score (nSPS) is 9.36. The molecule has 4 aromatic carbocycles. The number of halogens is 5. The van der Waals surface area contributed by atoms with Crippen LogP contribution in [0.3, 0.4) is 0 Å². The minimum absolute atomic E-state index is 0. The van der Waals surface area contributed by atoms with Crippen molar-refractivity contribution in [2.75, 3.05) is 0 Å². The van der Waals surface area contributed by atoms with Crippen LogP contribution in [0.2, 0.25) is 6.04 Å². The van der Waals surface area contributed by atoms with Crippen LogP contribution in [-0.4, -0.2) is 12.9 Å². The second kappa shape index (κ2) is 20.6. The van der Waals surface area contributed by atoms with Crippen molar-refractivity contribution in [3.05, 3.63) is 98.3 Å². The molecule has 0 aliphatic carbocycles. The van der Waals surface area contributed by atoms with Gasteiger partial charge < -0.3 is 39.2 Å². The molecule has 2 radical (unpaired) electrons. The van der Waals surface area contributed by atoms with Gasteiger partial charge in [0, 0.05) is 0 Å². The topological polar surface area (TPSA) is 0 Å². The maximum absolute atomic E-state index is 5.55. The SMILES string of the molecule is Cc1cc2ccccc2[cH-]1.Cc1cc2ccccc2[cH-]1.[CH2-]CCC[Si](Cl)(Cl)Cl.[CH3-].[Cl-].[Cl-].[Si]=[Zr]. The predicted octanol–water partition coefficient (Wildman–Crippen LogP) is 3.07. The molecule has 0 aliphatic heterocycles. The van der Waals surface area contributed by atoms with Gasteiger partial charge in [0.25, 0.3) is 0 Å². The number of hydrogen-bond acceptors (Lipinski definition) is 0. The first-order chi connectivity index (χ1) is 14.3. The van der Waals surface area contributed by atoms with E-state index in [4.69, 9.17) is 33.2 Å². The number of hydrogen-bond donors (Lipinski definition) is 0. The summed E-state index contributed by atoms with van der Waals surface area (Å²) in [5, 5.41) is 5.39. The Morgan fingerprint density at radius 2 is 1.18 bits per heavy atom. The van der Waals surface area contributed by atoms with Crippen molar-refractivity contribution in [1.82, 2.24) is 0 Å². The summed E-state index contributed by atoms with van der Waals surface area (Å²) in [5.74, 6) is 0. The van der Waals surface area contributed by atoms with Crippen LogP contribution >= 0.6 is 33.2 Å². The average molecular weight is 654 g/mol. The molecule has 0 aliphatic rings. The third kappa shape index (κ3) is 15.9. The summed E-state index contributed by atoms with van der Waals surface area (Å²) in [6, 6.07) is 24.1. The zero-order chi connectivity index (χ0) is 22.6. The first-order valence-corrected chi connectivity index (χ1v) is 19.1. The second-order valence-corrected chi connectivity index (χ2v) is 16.2. The van der Waals surface area contributed by atoms with Gasteiger partial charge in [-0.25, -0.2) is 0 Å². The van der Waals surface area contributed by atoms with Gasteiger partial charge in [-0.1, -0.05) is 32.4 Å². The molecule has 0 N–H and O–H groups in total. The van der Waals surface area contributed by atoms with Gasteiger partial charge in [-0.05, 0) is 6.04 Å². The van der Waals surface area contributed by atoms with Gasteiger partial charge in [0.05, 0.1) is 0 Å². The van der Waals surface area contributed by atoms with E-state index in [1.807, 2.05) is 0 Å². The molecule has 0 spiro atoms. The average Bonchev–Trinajstić information content (AvgIpc) is 3.28. The Bertz CT molecular complexity index is 871. The molecule has 0 nitrogen and oxygen atoms in total. The summed E-state index contributed by atoms with van der Waals surface area (Å²) >= 11 is 18.0. The van der Waals surface area contributed by atoms with Crippen LogP contribution in [0.25, 0.3) is 21.5 Å². The first-order valence-electron chi connectivity index (χ1n) is 9.63. The summed E-state index contributed by atoms with van der Waals surface area (Å²) in [5.41, 5.74) is 2.70. The molecule has 0 saturated heterocycles. The Labute approximate surface area is 244 Å². The summed E-state index contributed by atoms with van der Waals surface area (Å²) in [7, 11) is 0. The first kappa shape index (κ1) is 38.0. The molecule has 0 saturated carbocycles. The molecule has 0 bridgehead atoms. The predicted molar refractivity (Wildman–Crippen MR) is 143 cm³/mol. The Kier molecular flexibility index (Phi) is 23.7. The maximum atomic E-state index is 5.55. The number of fused-ring (bicyclic) bond motifs is 2. The molecule has 8 heteroatoms. The van der Waals surface area contributed by atoms with Crippen molar-refractivity contribution in [1.29, 1.82) is 0 Å². The summed E-state index contributed by atoms with van der Waals surface area (Å²) in [4.78, 5) is 0. The quantitative estimate of drug-likeness (QED) is 0.181. The van der Waals surface area contributed by atoms with Crippen LogP contribution in [0.1, 0.15) is 24.0 Å². The van der Waals surface area contributed by atoms with Crippen molar-refractivity contribution < 1.29 is 48.1 Å². The zero-order valence-electron chi connectivity index (χ0n) is 19.1. The van der Waals surface area contributed by atoms with Crippen LogP contribution < -0.4 is 24.8 Å². The van der Waals surface area contributed by atoms with Crippen molar-refractivity contribution >= 4 is 67.7 Å². The number of unbranched alkanes of at least 4 members (excludes halogenated alkanes) is 1. The Hall–Kier alpha value is 0.427. The van der Waals surface area contributed by atoms with Crippen LogP contribution in [0.4, 0.5) is 0 Å². The Morgan fingerprint density at radius 1 is 0.818 bits per heavy atom. The van der Waals surface area contributed by atoms with E-state index in [1.165, 1.54) is 56.0 Å². The third-order valence-corrected chi connectivity index (χ3v) is 6.86. The van der Waals surface area contributed by atoms with Crippen LogP contribution in [0.5, 0.6) is 0 Å². The molecular formula is C25H29Cl5Si2Zr-6. The molecule has 0 amide bonds.